The summed E-state index contributed by atoms with van der Waals surface area (Å²) in [6, 6.07) is 10.6. The SMILES string of the molecule is CCNC(c1cccc2ncccc12)C(OC)C(C)(C)C. The van der Waals surface area contributed by atoms with Gasteiger partial charge in [0.05, 0.1) is 17.7 Å². The minimum Gasteiger partial charge on any atom is -0.379 e. The lowest BCUT2D eigenvalue weighted by Gasteiger charge is -2.37. The van der Waals surface area contributed by atoms with Crippen molar-refractivity contribution in [2.24, 2.45) is 5.41 Å². The first-order valence-corrected chi connectivity index (χ1v) is 7.59. The number of ether oxygens (including phenoxy) is 1. The summed E-state index contributed by atoms with van der Waals surface area (Å²) in [5.74, 6) is 0. The second-order valence-corrected chi connectivity index (χ2v) is 6.48. The molecule has 0 aliphatic heterocycles. The van der Waals surface area contributed by atoms with Gasteiger partial charge in [0, 0.05) is 18.7 Å². The van der Waals surface area contributed by atoms with Gasteiger partial charge in [0.25, 0.3) is 0 Å². The number of benzene rings is 1. The molecule has 0 radical (unpaired) electrons. The lowest BCUT2D eigenvalue weighted by molar-refractivity contribution is -0.0112. The van der Waals surface area contributed by atoms with E-state index in [4.69, 9.17) is 4.74 Å². The zero-order valence-electron chi connectivity index (χ0n) is 13.7. The van der Waals surface area contributed by atoms with Crippen LogP contribution in [0.15, 0.2) is 36.5 Å². The molecule has 114 valence electrons. The third-order valence-electron chi connectivity index (χ3n) is 3.85. The van der Waals surface area contributed by atoms with Gasteiger partial charge in [-0.2, -0.15) is 0 Å². The van der Waals surface area contributed by atoms with Gasteiger partial charge >= 0.3 is 0 Å². The van der Waals surface area contributed by atoms with Gasteiger partial charge in [0.1, 0.15) is 0 Å². The second-order valence-electron chi connectivity index (χ2n) is 6.48. The Labute approximate surface area is 127 Å². The molecule has 3 heteroatoms. The van der Waals surface area contributed by atoms with E-state index in [1.165, 1.54) is 10.9 Å². The Kier molecular flexibility index (Phi) is 4.96. The van der Waals surface area contributed by atoms with Crippen LogP contribution in [0.3, 0.4) is 0 Å². The smallest absolute Gasteiger partial charge is 0.0814 e. The van der Waals surface area contributed by atoms with Crippen LogP contribution in [-0.4, -0.2) is 24.7 Å². The fourth-order valence-electron chi connectivity index (χ4n) is 2.99. The standard InChI is InChI=1S/C18H26N2O/c1-6-19-16(17(21-5)18(2,3)4)14-9-7-11-15-13(14)10-8-12-20-15/h7-12,16-17,19H,6H2,1-5H3. The van der Waals surface area contributed by atoms with Crippen molar-refractivity contribution < 1.29 is 4.74 Å². The number of hydrogen-bond donors (Lipinski definition) is 1. The maximum Gasteiger partial charge on any atom is 0.0814 e. The highest BCUT2D eigenvalue weighted by atomic mass is 16.5. The number of pyridine rings is 1. The van der Waals surface area contributed by atoms with Gasteiger partial charge in [-0.05, 0) is 29.7 Å². The highest BCUT2D eigenvalue weighted by molar-refractivity contribution is 5.82. The predicted octanol–water partition coefficient (Wildman–Crippen LogP) is 3.95. The monoisotopic (exact) mass is 286 g/mol. The molecule has 0 fully saturated rings. The Hall–Kier alpha value is -1.45. The topological polar surface area (TPSA) is 34.2 Å². The summed E-state index contributed by atoms with van der Waals surface area (Å²) >= 11 is 0. The number of likely N-dealkylation sites (N-methyl/N-ethyl adjacent to an activating group) is 1. The van der Waals surface area contributed by atoms with E-state index in [-0.39, 0.29) is 17.6 Å². The lowest BCUT2D eigenvalue weighted by Crippen LogP contribution is -2.41. The molecule has 1 heterocycles. The fraction of sp³-hybridized carbons (Fsp3) is 0.500. The van der Waals surface area contributed by atoms with Crippen molar-refractivity contribution in [3.05, 3.63) is 42.1 Å². The van der Waals surface area contributed by atoms with Crippen molar-refractivity contribution in [1.29, 1.82) is 0 Å². The minimum absolute atomic E-state index is 0.0476. The van der Waals surface area contributed by atoms with Crippen molar-refractivity contribution in [3.63, 3.8) is 0 Å². The van der Waals surface area contributed by atoms with Crippen molar-refractivity contribution in [2.75, 3.05) is 13.7 Å². The van der Waals surface area contributed by atoms with Crippen molar-refractivity contribution in [3.8, 4) is 0 Å². The van der Waals surface area contributed by atoms with E-state index >= 15 is 0 Å². The molecule has 2 aromatic rings. The summed E-state index contributed by atoms with van der Waals surface area (Å²) in [5.41, 5.74) is 2.33. The summed E-state index contributed by atoms with van der Waals surface area (Å²) in [6.07, 6.45) is 1.93. The molecule has 1 aromatic carbocycles. The van der Waals surface area contributed by atoms with E-state index in [9.17, 15) is 0 Å². The number of hydrogen-bond acceptors (Lipinski definition) is 3. The van der Waals surface area contributed by atoms with E-state index in [1.54, 1.807) is 7.11 Å². The van der Waals surface area contributed by atoms with Crippen molar-refractivity contribution >= 4 is 10.9 Å². The van der Waals surface area contributed by atoms with E-state index in [2.05, 4.69) is 62.3 Å². The molecule has 0 spiro atoms. The molecule has 1 aromatic heterocycles. The number of aromatic nitrogens is 1. The third kappa shape index (κ3) is 3.42. The van der Waals surface area contributed by atoms with E-state index in [1.807, 2.05) is 12.3 Å². The van der Waals surface area contributed by atoms with Gasteiger partial charge in [0.15, 0.2) is 0 Å². The molecule has 2 atom stereocenters. The number of rotatable bonds is 5. The first-order valence-electron chi connectivity index (χ1n) is 7.59. The molecular formula is C18H26N2O. The summed E-state index contributed by atoms with van der Waals surface area (Å²) in [6.45, 7) is 9.68. The largest absolute Gasteiger partial charge is 0.379 e. The minimum atomic E-state index is 0.0476. The zero-order valence-corrected chi connectivity index (χ0v) is 13.7. The van der Waals surface area contributed by atoms with E-state index in [0.29, 0.717) is 0 Å². The number of fused-ring (bicyclic) bond motifs is 1. The normalized spacial score (nSPS) is 15.1. The lowest BCUT2D eigenvalue weighted by atomic mass is 9.81. The maximum atomic E-state index is 5.85. The summed E-state index contributed by atoms with van der Waals surface area (Å²) in [5, 5.41) is 4.79. The fourth-order valence-corrected chi connectivity index (χ4v) is 2.99. The number of nitrogens with one attached hydrogen (secondary N) is 1. The van der Waals surface area contributed by atoms with Gasteiger partial charge in [-0.3, -0.25) is 4.98 Å². The van der Waals surface area contributed by atoms with Crippen LogP contribution in [-0.2, 0) is 4.74 Å². The van der Waals surface area contributed by atoms with Gasteiger partial charge in [-0.1, -0.05) is 45.9 Å². The predicted molar refractivity (Wildman–Crippen MR) is 88.4 cm³/mol. The van der Waals surface area contributed by atoms with Crippen molar-refractivity contribution in [2.45, 2.75) is 39.8 Å². The average molecular weight is 286 g/mol. The molecule has 2 rings (SSSR count). The molecule has 0 aliphatic carbocycles. The first-order chi connectivity index (χ1) is 9.99. The molecule has 0 amide bonds. The van der Waals surface area contributed by atoms with Crippen LogP contribution in [0.5, 0.6) is 0 Å². The van der Waals surface area contributed by atoms with Gasteiger partial charge < -0.3 is 10.1 Å². The molecule has 0 saturated heterocycles. The maximum absolute atomic E-state index is 5.85. The van der Waals surface area contributed by atoms with E-state index < -0.39 is 0 Å². The van der Waals surface area contributed by atoms with Crippen LogP contribution in [0.4, 0.5) is 0 Å². The first kappa shape index (κ1) is 15.9. The van der Waals surface area contributed by atoms with E-state index in [0.717, 1.165) is 12.1 Å². The van der Waals surface area contributed by atoms with Crippen LogP contribution in [0.1, 0.15) is 39.3 Å². The van der Waals surface area contributed by atoms with Gasteiger partial charge in [0.2, 0.25) is 0 Å². The van der Waals surface area contributed by atoms with Crippen molar-refractivity contribution in [1.82, 2.24) is 10.3 Å². The van der Waals surface area contributed by atoms with Crippen LogP contribution in [0.25, 0.3) is 10.9 Å². The molecule has 2 unspecified atom stereocenters. The quantitative estimate of drug-likeness (QED) is 0.903. The Morgan fingerprint density at radius 1 is 1.19 bits per heavy atom. The van der Waals surface area contributed by atoms with Gasteiger partial charge in [-0.25, -0.2) is 0 Å². The number of nitrogens with zero attached hydrogens (tertiary/aromatic N) is 1. The molecule has 0 aliphatic rings. The molecule has 0 bridgehead atoms. The summed E-state index contributed by atoms with van der Waals surface area (Å²) in [4.78, 5) is 4.46. The molecule has 0 saturated carbocycles. The summed E-state index contributed by atoms with van der Waals surface area (Å²) < 4.78 is 5.85. The molecular weight excluding hydrogens is 260 g/mol. The molecule has 3 nitrogen and oxygen atoms in total. The average Bonchev–Trinajstić information content (AvgIpc) is 2.45. The highest BCUT2D eigenvalue weighted by Gasteiger charge is 2.33. The van der Waals surface area contributed by atoms with Crippen LogP contribution >= 0.6 is 0 Å². The molecule has 21 heavy (non-hydrogen) atoms. The second kappa shape index (κ2) is 6.54. The van der Waals surface area contributed by atoms with Crippen LogP contribution < -0.4 is 5.32 Å². The molecule has 1 N–H and O–H groups in total. The Balaban J connectivity index is 2.55. The Morgan fingerprint density at radius 3 is 2.57 bits per heavy atom. The third-order valence-corrected chi connectivity index (χ3v) is 3.85. The highest BCUT2D eigenvalue weighted by Crippen LogP contribution is 2.35. The Morgan fingerprint density at radius 2 is 1.95 bits per heavy atom. The zero-order chi connectivity index (χ0) is 15.5. The van der Waals surface area contributed by atoms with Crippen LogP contribution in [0, 0.1) is 5.41 Å². The summed E-state index contributed by atoms with van der Waals surface area (Å²) in [7, 11) is 1.80. The van der Waals surface area contributed by atoms with Gasteiger partial charge in [-0.15, -0.1) is 0 Å². The Bertz CT molecular complexity index is 584. The number of methoxy groups -OCH3 is 1. The van der Waals surface area contributed by atoms with Crippen LogP contribution in [0.2, 0.25) is 0 Å².